The number of amides is 1. The number of carbonyl (C=O) groups is 1. The van der Waals surface area contributed by atoms with Crippen LogP contribution in [0.25, 0.3) is 0 Å². The number of hydrogen-bond acceptors (Lipinski definition) is 5. The number of sulfonamides is 1. The molecule has 1 N–H and O–H groups in total. The van der Waals surface area contributed by atoms with Crippen LogP contribution < -0.4 is 10.2 Å². The number of fused-ring (bicyclic) bond motifs is 1. The van der Waals surface area contributed by atoms with Gasteiger partial charge in [-0.05, 0) is 43.7 Å². The van der Waals surface area contributed by atoms with E-state index in [-0.39, 0.29) is 29.7 Å². The maximum absolute atomic E-state index is 12.8. The molecule has 1 atom stereocenters. The average Bonchev–Trinajstić information content (AvgIpc) is 2.71. The number of piperazine rings is 1. The van der Waals surface area contributed by atoms with Gasteiger partial charge in [-0.1, -0.05) is 24.3 Å². The predicted octanol–water partition coefficient (Wildman–Crippen LogP) is 3.03. The molecule has 158 valence electrons. The highest BCUT2D eigenvalue weighted by molar-refractivity contribution is 7.90. The summed E-state index contributed by atoms with van der Waals surface area (Å²) in [6, 6.07) is 15.3. The summed E-state index contributed by atoms with van der Waals surface area (Å²) in [6.45, 7) is 6.27. The van der Waals surface area contributed by atoms with Crippen LogP contribution in [0.5, 0.6) is 0 Å². The molecule has 1 amide bonds. The predicted molar refractivity (Wildman–Crippen MR) is 118 cm³/mol. The SMILES string of the molecule is Cc1cccc(N2CCN(C(=O)CCC3=NS(=O)(=O)c4ccccc4N3)C[C@@H]2C)c1. The van der Waals surface area contributed by atoms with E-state index in [9.17, 15) is 13.2 Å². The van der Waals surface area contributed by atoms with Gasteiger partial charge in [0.2, 0.25) is 5.91 Å². The molecular weight excluding hydrogens is 400 g/mol. The maximum Gasteiger partial charge on any atom is 0.286 e. The van der Waals surface area contributed by atoms with Gasteiger partial charge in [-0.25, -0.2) is 0 Å². The zero-order chi connectivity index (χ0) is 21.3. The molecule has 0 aliphatic carbocycles. The van der Waals surface area contributed by atoms with Gasteiger partial charge in [0.25, 0.3) is 10.0 Å². The molecule has 2 aliphatic rings. The Morgan fingerprint density at radius 3 is 2.73 bits per heavy atom. The highest BCUT2D eigenvalue weighted by Gasteiger charge is 2.28. The van der Waals surface area contributed by atoms with E-state index < -0.39 is 10.0 Å². The molecule has 0 saturated carbocycles. The van der Waals surface area contributed by atoms with Crippen molar-refractivity contribution in [2.24, 2.45) is 4.40 Å². The average molecular weight is 427 g/mol. The van der Waals surface area contributed by atoms with E-state index in [0.29, 0.717) is 24.6 Å². The van der Waals surface area contributed by atoms with Crippen LogP contribution in [0.1, 0.15) is 25.3 Å². The van der Waals surface area contributed by atoms with Gasteiger partial charge in [0, 0.05) is 44.2 Å². The van der Waals surface area contributed by atoms with Crippen LogP contribution >= 0.6 is 0 Å². The number of rotatable bonds is 4. The molecule has 2 aromatic carbocycles. The summed E-state index contributed by atoms with van der Waals surface area (Å²) in [5, 5.41) is 3.05. The highest BCUT2D eigenvalue weighted by atomic mass is 32.2. The van der Waals surface area contributed by atoms with E-state index >= 15 is 0 Å². The number of hydrogen-bond donors (Lipinski definition) is 1. The molecule has 2 aliphatic heterocycles. The van der Waals surface area contributed by atoms with Crippen LogP contribution in [0.4, 0.5) is 11.4 Å². The van der Waals surface area contributed by atoms with Crippen LogP contribution in [-0.2, 0) is 14.8 Å². The molecule has 2 heterocycles. The maximum atomic E-state index is 12.8. The fourth-order valence-corrected chi connectivity index (χ4v) is 5.21. The molecule has 7 nitrogen and oxygen atoms in total. The van der Waals surface area contributed by atoms with Crippen LogP contribution in [0, 0.1) is 6.92 Å². The van der Waals surface area contributed by atoms with Crippen LogP contribution in [0.15, 0.2) is 57.8 Å². The van der Waals surface area contributed by atoms with E-state index in [1.165, 1.54) is 17.3 Å². The summed E-state index contributed by atoms with van der Waals surface area (Å²) in [5.74, 6) is 0.333. The summed E-state index contributed by atoms with van der Waals surface area (Å²) < 4.78 is 28.5. The van der Waals surface area contributed by atoms with Crippen LogP contribution in [0.3, 0.4) is 0 Å². The Morgan fingerprint density at radius 1 is 1.17 bits per heavy atom. The van der Waals surface area contributed by atoms with Crippen molar-refractivity contribution in [2.75, 3.05) is 29.9 Å². The lowest BCUT2D eigenvalue weighted by Crippen LogP contribution is -2.53. The number of anilines is 2. The third kappa shape index (κ3) is 4.18. The fraction of sp³-hybridized carbons (Fsp3) is 0.364. The second kappa shape index (κ2) is 8.10. The standard InChI is InChI=1S/C22H26N4O3S/c1-16-6-5-7-18(14-16)26-13-12-25(15-17(26)2)22(27)11-10-21-23-19-8-3-4-9-20(19)30(28,29)24-21/h3-9,14,17H,10-13,15H2,1-2H3,(H,23,24)/t17-/m0/s1. The second-order valence-electron chi connectivity index (χ2n) is 7.86. The van der Waals surface area contributed by atoms with Crippen molar-refractivity contribution in [1.82, 2.24) is 4.90 Å². The van der Waals surface area contributed by atoms with Gasteiger partial charge in [-0.2, -0.15) is 8.42 Å². The lowest BCUT2D eigenvalue weighted by Gasteiger charge is -2.41. The van der Waals surface area contributed by atoms with Crippen molar-refractivity contribution in [3.05, 3.63) is 54.1 Å². The minimum absolute atomic E-state index is 0.0199. The molecule has 0 bridgehead atoms. The van der Waals surface area contributed by atoms with Crippen molar-refractivity contribution < 1.29 is 13.2 Å². The zero-order valence-corrected chi connectivity index (χ0v) is 18.0. The quantitative estimate of drug-likeness (QED) is 0.813. The summed E-state index contributed by atoms with van der Waals surface area (Å²) in [7, 11) is -3.72. The number of nitrogens with zero attached hydrogens (tertiary/aromatic N) is 3. The number of aryl methyl sites for hydroxylation is 1. The molecule has 2 aromatic rings. The molecule has 30 heavy (non-hydrogen) atoms. The Hall–Kier alpha value is -2.87. The Bertz CT molecular complexity index is 1100. The van der Waals surface area contributed by atoms with E-state index in [0.717, 1.165) is 6.54 Å². The molecule has 4 rings (SSSR count). The molecule has 0 radical (unpaired) electrons. The smallest absolute Gasteiger partial charge is 0.286 e. The van der Waals surface area contributed by atoms with E-state index in [1.54, 1.807) is 18.2 Å². The topological polar surface area (TPSA) is 82.1 Å². The lowest BCUT2D eigenvalue weighted by molar-refractivity contribution is -0.131. The summed E-state index contributed by atoms with van der Waals surface area (Å²) in [4.78, 5) is 17.1. The lowest BCUT2D eigenvalue weighted by atomic mass is 10.1. The minimum atomic E-state index is -3.72. The molecule has 0 spiro atoms. The van der Waals surface area contributed by atoms with Crippen molar-refractivity contribution in [3.8, 4) is 0 Å². The van der Waals surface area contributed by atoms with Gasteiger partial charge < -0.3 is 15.1 Å². The van der Waals surface area contributed by atoms with Crippen LogP contribution in [-0.4, -0.2) is 50.7 Å². The third-order valence-electron chi connectivity index (χ3n) is 5.56. The fourth-order valence-electron chi connectivity index (χ4n) is 4.03. The largest absolute Gasteiger partial charge is 0.365 e. The molecule has 1 fully saturated rings. The Labute approximate surface area is 177 Å². The Balaban J connectivity index is 1.36. The van der Waals surface area contributed by atoms with Gasteiger partial charge in [-0.3, -0.25) is 4.79 Å². The third-order valence-corrected chi connectivity index (χ3v) is 6.94. The number of carbonyl (C=O) groups excluding carboxylic acids is 1. The van der Waals surface area contributed by atoms with Gasteiger partial charge in [0.1, 0.15) is 10.7 Å². The number of nitrogens with one attached hydrogen (secondary N) is 1. The monoisotopic (exact) mass is 426 g/mol. The van der Waals surface area contributed by atoms with Crippen molar-refractivity contribution in [2.45, 2.75) is 37.6 Å². The first kappa shape index (κ1) is 20.4. The van der Waals surface area contributed by atoms with Gasteiger partial charge in [-0.15, -0.1) is 4.40 Å². The molecule has 0 unspecified atom stereocenters. The highest BCUT2D eigenvalue weighted by Crippen LogP contribution is 2.27. The first-order valence-corrected chi connectivity index (χ1v) is 11.6. The Kier molecular flexibility index (Phi) is 5.51. The van der Waals surface area contributed by atoms with E-state index in [4.69, 9.17) is 0 Å². The summed E-state index contributed by atoms with van der Waals surface area (Å²) >= 11 is 0. The molecule has 1 saturated heterocycles. The van der Waals surface area contributed by atoms with E-state index in [1.807, 2.05) is 4.90 Å². The number of benzene rings is 2. The van der Waals surface area contributed by atoms with Crippen molar-refractivity contribution in [3.63, 3.8) is 0 Å². The van der Waals surface area contributed by atoms with Crippen molar-refractivity contribution in [1.29, 1.82) is 0 Å². The zero-order valence-electron chi connectivity index (χ0n) is 17.2. The van der Waals surface area contributed by atoms with Crippen molar-refractivity contribution >= 4 is 33.1 Å². The van der Waals surface area contributed by atoms with Gasteiger partial charge in [0.05, 0.1) is 5.69 Å². The summed E-state index contributed by atoms with van der Waals surface area (Å²) in [6.07, 6.45) is 0.486. The molecular formula is C22H26N4O3S. The number of amidine groups is 1. The molecule has 0 aromatic heterocycles. The Morgan fingerprint density at radius 2 is 1.97 bits per heavy atom. The second-order valence-corrected chi connectivity index (χ2v) is 9.43. The van der Waals surface area contributed by atoms with E-state index in [2.05, 4.69) is 52.7 Å². The normalized spacial score (nSPS) is 20.2. The molecule has 8 heteroatoms. The number of para-hydroxylation sites is 1. The van der Waals surface area contributed by atoms with Crippen LogP contribution in [0.2, 0.25) is 0 Å². The first-order chi connectivity index (χ1) is 14.3. The minimum Gasteiger partial charge on any atom is -0.365 e. The van der Waals surface area contributed by atoms with Gasteiger partial charge in [0.15, 0.2) is 0 Å². The van der Waals surface area contributed by atoms with Gasteiger partial charge >= 0.3 is 0 Å². The first-order valence-electron chi connectivity index (χ1n) is 10.1. The summed E-state index contributed by atoms with van der Waals surface area (Å²) in [5.41, 5.74) is 2.91.